The van der Waals surface area contributed by atoms with E-state index in [9.17, 15) is 4.79 Å². The molecule has 0 saturated heterocycles. The predicted octanol–water partition coefficient (Wildman–Crippen LogP) is 2.74. The SMILES string of the molecule is COc1ccc(-n2ccnc2-c2c(C)n(C)n(-c3ccccc3)c2=O)cn1. The number of aromatic nitrogens is 5. The van der Waals surface area contributed by atoms with Crippen LogP contribution in [0.4, 0.5) is 0 Å². The summed E-state index contributed by atoms with van der Waals surface area (Å²) in [6.45, 7) is 1.92. The molecule has 0 unspecified atom stereocenters. The van der Waals surface area contributed by atoms with Gasteiger partial charge in [0.15, 0.2) is 5.82 Å². The van der Waals surface area contributed by atoms with Crippen molar-refractivity contribution in [1.29, 1.82) is 0 Å². The number of hydrogen-bond acceptors (Lipinski definition) is 4. The van der Waals surface area contributed by atoms with E-state index in [-0.39, 0.29) is 5.56 Å². The van der Waals surface area contributed by atoms with Gasteiger partial charge < -0.3 is 4.74 Å². The van der Waals surface area contributed by atoms with Gasteiger partial charge in [0.25, 0.3) is 5.56 Å². The van der Waals surface area contributed by atoms with Crippen LogP contribution in [0.5, 0.6) is 5.88 Å². The zero-order valence-corrected chi connectivity index (χ0v) is 15.3. The van der Waals surface area contributed by atoms with Crippen LogP contribution in [0.1, 0.15) is 5.69 Å². The van der Waals surface area contributed by atoms with Crippen molar-refractivity contribution in [2.45, 2.75) is 6.92 Å². The van der Waals surface area contributed by atoms with Crippen molar-refractivity contribution in [3.05, 3.63) is 77.1 Å². The number of pyridine rings is 1. The summed E-state index contributed by atoms with van der Waals surface area (Å²) >= 11 is 0. The Hall–Kier alpha value is -3.61. The van der Waals surface area contributed by atoms with Crippen LogP contribution in [0.25, 0.3) is 22.8 Å². The molecule has 7 nitrogen and oxygen atoms in total. The van der Waals surface area contributed by atoms with Crippen LogP contribution in [-0.4, -0.2) is 31.0 Å². The van der Waals surface area contributed by atoms with E-state index < -0.39 is 0 Å². The second-order valence-corrected chi connectivity index (χ2v) is 6.12. The van der Waals surface area contributed by atoms with Crippen molar-refractivity contribution in [2.24, 2.45) is 7.05 Å². The first-order chi connectivity index (χ1) is 13.1. The Morgan fingerprint density at radius 1 is 1.00 bits per heavy atom. The lowest BCUT2D eigenvalue weighted by Crippen LogP contribution is -2.20. The molecule has 0 aliphatic carbocycles. The summed E-state index contributed by atoms with van der Waals surface area (Å²) in [5.74, 6) is 1.11. The van der Waals surface area contributed by atoms with E-state index >= 15 is 0 Å². The van der Waals surface area contributed by atoms with E-state index in [1.54, 1.807) is 30.3 Å². The minimum Gasteiger partial charge on any atom is -0.481 e. The highest BCUT2D eigenvalue weighted by atomic mass is 16.5. The molecule has 0 spiro atoms. The largest absolute Gasteiger partial charge is 0.481 e. The molecule has 0 radical (unpaired) electrons. The van der Waals surface area contributed by atoms with Crippen LogP contribution in [-0.2, 0) is 7.05 Å². The lowest BCUT2D eigenvalue weighted by atomic mass is 10.2. The zero-order chi connectivity index (χ0) is 19.0. The molecule has 1 aromatic carbocycles. The molecule has 0 saturated carbocycles. The molecule has 0 amide bonds. The molecule has 4 aromatic rings. The monoisotopic (exact) mass is 361 g/mol. The molecular formula is C20H19N5O2. The fraction of sp³-hybridized carbons (Fsp3) is 0.150. The van der Waals surface area contributed by atoms with Crippen molar-refractivity contribution in [1.82, 2.24) is 23.9 Å². The number of para-hydroxylation sites is 1. The smallest absolute Gasteiger partial charge is 0.282 e. The highest BCUT2D eigenvalue weighted by Crippen LogP contribution is 2.23. The normalized spacial score (nSPS) is 10.9. The minimum absolute atomic E-state index is 0.116. The van der Waals surface area contributed by atoms with Gasteiger partial charge in [0, 0.05) is 31.2 Å². The standard InChI is InChI=1S/C20H19N5O2/c1-14-18(20(26)25(23(14)2)15-7-5-4-6-8-15)19-21-11-12-24(19)16-9-10-17(27-3)22-13-16/h4-13H,1-3H3. The first kappa shape index (κ1) is 16.8. The average molecular weight is 361 g/mol. The van der Waals surface area contributed by atoms with Gasteiger partial charge in [0.05, 0.1) is 24.7 Å². The summed E-state index contributed by atoms with van der Waals surface area (Å²) in [7, 11) is 3.44. The summed E-state index contributed by atoms with van der Waals surface area (Å²) in [5.41, 5.74) is 2.89. The summed E-state index contributed by atoms with van der Waals surface area (Å²) in [4.78, 5) is 21.9. The third-order valence-corrected chi connectivity index (χ3v) is 4.63. The number of imidazole rings is 1. The Balaban J connectivity index is 1.89. The van der Waals surface area contributed by atoms with Gasteiger partial charge in [0.1, 0.15) is 5.56 Å². The van der Waals surface area contributed by atoms with Crippen molar-refractivity contribution in [3.8, 4) is 28.6 Å². The van der Waals surface area contributed by atoms with E-state index in [1.165, 1.54) is 0 Å². The highest BCUT2D eigenvalue weighted by molar-refractivity contribution is 5.61. The van der Waals surface area contributed by atoms with Gasteiger partial charge >= 0.3 is 0 Å². The average Bonchev–Trinajstić information content (AvgIpc) is 3.25. The lowest BCUT2D eigenvalue weighted by molar-refractivity contribution is 0.398. The van der Waals surface area contributed by atoms with Gasteiger partial charge in [-0.3, -0.25) is 14.0 Å². The summed E-state index contributed by atoms with van der Waals surface area (Å²) in [6.07, 6.45) is 5.19. The molecule has 0 atom stereocenters. The maximum Gasteiger partial charge on any atom is 0.282 e. The molecule has 136 valence electrons. The lowest BCUT2D eigenvalue weighted by Gasteiger charge is -2.08. The Morgan fingerprint density at radius 2 is 1.78 bits per heavy atom. The summed E-state index contributed by atoms with van der Waals surface area (Å²) < 4.78 is 10.5. The fourth-order valence-electron chi connectivity index (χ4n) is 3.16. The predicted molar refractivity (Wildman–Crippen MR) is 103 cm³/mol. The molecule has 4 rings (SSSR count). The number of hydrogen-bond donors (Lipinski definition) is 0. The van der Waals surface area contributed by atoms with Crippen molar-refractivity contribution in [3.63, 3.8) is 0 Å². The van der Waals surface area contributed by atoms with Crippen molar-refractivity contribution in [2.75, 3.05) is 7.11 Å². The van der Waals surface area contributed by atoms with Crippen LogP contribution in [0, 0.1) is 6.92 Å². The Morgan fingerprint density at radius 3 is 2.44 bits per heavy atom. The molecule has 0 fully saturated rings. The van der Waals surface area contributed by atoms with Crippen LogP contribution in [0.2, 0.25) is 0 Å². The van der Waals surface area contributed by atoms with E-state index in [0.717, 1.165) is 17.1 Å². The van der Waals surface area contributed by atoms with Crippen molar-refractivity contribution < 1.29 is 4.74 Å². The van der Waals surface area contributed by atoms with Gasteiger partial charge in [-0.1, -0.05) is 18.2 Å². The number of ether oxygens (including phenoxy) is 1. The zero-order valence-electron chi connectivity index (χ0n) is 15.3. The van der Waals surface area contributed by atoms with Crippen molar-refractivity contribution >= 4 is 0 Å². The Kier molecular flexibility index (Phi) is 4.12. The number of nitrogens with zero attached hydrogens (tertiary/aromatic N) is 5. The first-order valence-electron chi connectivity index (χ1n) is 8.50. The van der Waals surface area contributed by atoms with E-state index in [0.29, 0.717) is 17.3 Å². The van der Waals surface area contributed by atoms with Crippen LogP contribution < -0.4 is 10.3 Å². The van der Waals surface area contributed by atoms with Crippen LogP contribution in [0.15, 0.2) is 65.8 Å². The van der Waals surface area contributed by atoms with Gasteiger partial charge in [-0.25, -0.2) is 14.6 Å². The van der Waals surface area contributed by atoms with Gasteiger partial charge in [0.2, 0.25) is 5.88 Å². The molecule has 0 aliphatic rings. The van der Waals surface area contributed by atoms with E-state index in [2.05, 4.69) is 9.97 Å². The number of methoxy groups -OCH3 is 1. The molecule has 3 aromatic heterocycles. The molecule has 27 heavy (non-hydrogen) atoms. The molecule has 0 bridgehead atoms. The quantitative estimate of drug-likeness (QED) is 0.561. The molecule has 0 N–H and O–H groups in total. The number of benzene rings is 1. The Bertz CT molecular complexity index is 1140. The second-order valence-electron chi connectivity index (χ2n) is 6.12. The van der Waals surface area contributed by atoms with E-state index in [4.69, 9.17) is 4.74 Å². The van der Waals surface area contributed by atoms with E-state index in [1.807, 2.05) is 65.8 Å². The maximum atomic E-state index is 13.2. The van der Waals surface area contributed by atoms with Gasteiger partial charge in [-0.2, -0.15) is 0 Å². The molecule has 0 aliphatic heterocycles. The summed E-state index contributed by atoms with van der Waals surface area (Å²) in [5, 5.41) is 0. The van der Waals surface area contributed by atoms with Gasteiger partial charge in [-0.15, -0.1) is 0 Å². The molecule has 7 heteroatoms. The summed E-state index contributed by atoms with van der Waals surface area (Å²) in [6, 6.07) is 13.2. The maximum absolute atomic E-state index is 13.2. The topological polar surface area (TPSA) is 66.9 Å². The third-order valence-electron chi connectivity index (χ3n) is 4.63. The van der Waals surface area contributed by atoms with Crippen LogP contribution in [0.3, 0.4) is 0 Å². The van der Waals surface area contributed by atoms with Crippen LogP contribution >= 0.6 is 0 Å². The highest BCUT2D eigenvalue weighted by Gasteiger charge is 2.21. The first-order valence-corrected chi connectivity index (χ1v) is 8.50. The Labute approximate surface area is 156 Å². The van der Waals surface area contributed by atoms with Gasteiger partial charge in [-0.05, 0) is 25.1 Å². The number of rotatable bonds is 4. The molecule has 3 heterocycles. The second kappa shape index (κ2) is 6.60. The molecular weight excluding hydrogens is 342 g/mol. The minimum atomic E-state index is -0.116. The fourth-order valence-corrected chi connectivity index (χ4v) is 3.16. The third kappa shape index (κ3) is 2.73.